The first kappa shape index (κ1) is 18.9. The minimum Gasteiger partial charge on any atom is -0.464 e. The van der Waals surface area contributed by atoms with E-state index in [-0.39, 0.29) is 24.9 Å². The van der Waals surface area contributed by atoms with Crippen LogP contribution < -0.4 is 10.6 Å². The quantitative estimate of drug-likeness (QED) is 0.420. The molecule has 8 heteroatoms. The third-order valence-electron chi connectivity index (χ3n) is 2.49. The van der Waals surface area contributed by atoms with Crippen LogP contribution in [0, 0.1) is 0 Å². The number of thiocarbonyl (C=S) groups is 1. The Labute approximate surface area is 140 Å². The van der Waals surface area contributed by atoms with Crippen LogP contribution in [0.25, 0.3) is 0 Å². The summed E-state index contributed by atoms with van der Waals surface area (Å²) in [7, 11) is 0. The number of ether oxygens (including phenoxy) is 3. The summed E-state index contributed by atoms with van der Waals surface area (Å²) in [4.78, 5) is 22.5. The summed E-state index contributed by atoms with van der Waals surface area (Å²) in [6.45, 7) is 2.68. The van der Waals surface area contributed by atoms with Crippen LogP contribution in [0.15, 0.2) is 30.3 Å². The van der Waals surface area contributed by atoms with Crippen molar-refractivity contribution in [2.24, 2.45) is 0 Å². The number of hydrogen-bond acceptors (Lipinski definition) is 6. The van der Waals surface area contributed by atoms with Gasteiger partial charge < -0.3 is 19.5 Å². The standard InChI is InChI=1S/C15H20N2O5S/c1-2-21-13(18)11-20-9-8-16-14(23)17-15(19)22-10-12-6-4-3-5-7-12/h3-7H,2,8-11H2,1H3,(H2,16,17,19,23). The highest BCUT2D eigenvalue weighted by Gasteiger charge is 2.06. The van der Waals surface area contributed by atoms with Gasteiger partial charge in [-0.05, 0) is 24.7 Å². The molecule has 0 fully saturated rings. The highest BCUT2D eigenvalue weighted by atomic mass is 32.1. The van der Waals surface area contributed by atoms with E-state index in [2.05, 4.69) is 10.6 Å². The minimum absolute atomic E-state index is 0.116. The summed E-state index contributed by atoms with van der Waals surface area (Å²) in [6.07, 6.45) is -0.640. The monoisotopic (exact) mass is 340 g/mol. The molecule has 0 spiro atoms. The lowest BCUT2D eigenvalue weighted by molar-refractivity contribution is -0.148. The lowest BCUT2D eigenvalue weighted by Crippen LogP contribution is -2.40. The average molecular weight is 340 g/mol. The van der Waals surface area contributed by atoms with E-state index in [9.17, 15) is 9.59 Å². The van der Waals surface area contributed by atoms with E-state index in [1.807, 2.05) is 30.3 Å². The average Bonchev–Trinajstić information content (AvgIpc) is 2.54. The molecule has 0 saturated heterocycles. The van der Waals surface area contributed by atoms with E-state index in [1.54, 1.807) is 6.92 Å². The summed E-state index contributed by atoms with van der Waals surface area (Å²) in [5.41, 5.74) is 0.883. The smallest absolute Gasteiger partial charge is 0.413 e. The fourth-order valence-corrected chi connectivity index (χ4v) is 1.68. The van der Waals surface area contributed by atoms with Crippen molar-refractivity contribution in [3.8, 4) is 0 Å². The Kier molecular flexibility index (Phi) is 9.34. The van der Waals surface area contributed by atoms with Gasteiger partial charge in [-0.25, -0.2) is 9.59 Å². The number of esters is 1. The van der Waals surface area contributed by atoms with Crippen LogP contribution in [0.4, 0.5) is 4.79 Å². The van der Waals surface area contributed by atoms with E-state index in [0.717, 1.165) is 5.56 Å². The summed E-state index contributed by atoms with van der Waals surface area (Å²) < 4.78 is 14.8. The Hall–Kier alpha value is -2.19. The molecular weight excluding hydrogens is 320 g/mol. The Morgan fingerprint density at radius 3 is 2.61 bits per heavy atom. The van der Waals surface area contributed by atoms with Crippen LogP contribution in [-0.4, -0.2) is 43.5 Å². The molecule has 0 radical (unpaired) electrons. The Morgan fingerprint density at radius 2 is 1.91 bits per heavy atom. The summed E-state index contributed by atoms with van der Waals surface area (Å²) in [5.74, 6) is -0.419. The zero-order valence-electron chi connectivity index (χ0n) is 12.9. The number of benzene rings is 1. The first-order valence-corrected chi connectivity index (χ1v) is 7.51. The van der Waals surface area contributed by atoms with Crippen molar-refractivity contribution in [1.82, 2.24) is 10.6 Å². The molecule has 0 aliphatic rings. The number of carbonyl (C=O) groups excluding carboxylic acids is 2. The molecule has 126 valence electrons. The predicted octanol–water partition coefficient (Wildman–Crippen LogP) is 1.37. The minimum atomic E-state index is -0.640. The van der Waals surface area contributed by atoms with Crippen molar-refractivity contribution in [2.45, 2.75) is 13.5 Å². The van der Waals surface area contributed by atoms with Crippen LogP contribution in [-0.2, 0) is 25.6 Å². The zero-order chi connectivity index (χ0) is 16.9. The molecule has 0 bridgehead atoms. The second-order valence-corrected chi connectivity index (χ2v) is 4.71. The van der Waals surface area contributed by atoms with Gasteiger partial charge in [0.2, 0.25) is 0 Å². The third-order valence-corrected chi connectivity index (χ3v) is 2.73. The number of nitrogens with one attached hydrogen (secondary N) is 2. The summed E-state index contributed by atoms with van der Waals surface area (Å²) >= 11 is 4.93. The number of amides is 1. The third kappa shape index (κ3) is 9.43. The molecule has 1 rings (SSSR count). The molecule has 1 aromatic rings. The van der Waals surface area contributed by atoms with Crippen LogP contribution in [0.5, 0.6) is 0 Å². The highest BCUT2D eigenvalue weighted by molar-refractivity contribution is 7.80. The fourth-order valence-electron chi connectivity index (χ4n) is 1.49. The molecule has 23 heavy (non-hydrogen) atoms. The lowest BCUT2D eigenvalue weighted by atomic mass is 10.2. The normalized spacial score (nSPS) is 9.78. The van der Waals surface area contributed by atoms with Gasteiger partial charge in [-0.15, -0.1) is 0 Å². The largest absolute Gasteiger partial charge is 0.464 e. The number of carbonyl (C=O) groups is 2. The van der Waals surface area contributed by atoms with E-state index in [1.165, 1.54) is 0 Å². The van der Waals surface area contributed by atoms with Crippen LogP contribution >= 0.6 is 12.2 Å². The Morgan fingerprint density at radius 1 is 1.17 bits per heavy atom. The van der Waals surface area contributed by atoms with Crippen molar-refractivity contribution in [2.75, 3.05) is 26.4 Å². The van der Waals surface area contributed by atoms with E-state index in [0.29, 0.717) is 13.2 Å². The van der Waals surface area contributed by atoms with Gasteiger partial charge in [0.25, 0.3) is 0 Å². The fraction of sp³-hybridized carbons (Fsp3) is 0.400. The zero-order valence-corrected chi connectivity index (χ0v) is 13.7. The predicted molar refractivity (Wildman–Crippen MR) is 87.8 cm³/mol. The van der Waals surface area contributed by atoms with Gasteiger partial charge in [0, 0.05) is 6.54 Å². The maximum atomic E-state index is 11.5. The van der Waals surface area contributed by atoms with Crippen LogP contribution in [0.3, 0.4) is 0 Å². The number of rotatable bonds is 8. The van der Waals surface area contributed by atoms with Crippen LogP contribution in [0.1, 0.15) is 12.5 Å². The molecular formula is C15H20N2O5S. The van der Waals surface area contributed by atoms with E-state index < -0.39 is 12.1 Å². The summed E-state index contributed by atoms with van der Waals surface area (Å²) in [6, 6.07) is 9.31. The number of alkyl carbamates (subject to hydrolysis) is 1. The van der Waals surface area contributed by atoms with Crippen molar-refractivity contribution >= 4 is 29.4 Å². The lowest BCUT2D eigenvalue weighted by Gasteiger charge is -2.10. The Balaban J connectivity index is 2.07. The molecule has 0 unspecified atom stereocenters. The van der Waals surface area contributed by atoms with Crippen LogP contribution in [0.2, 0.25) is 0 Å². The van der Waals surface area contributed by atoms with Gasteiger partial charge in [-0.1, -0.05) is 30.3 Å². The maximum Gasteiger partial charge on any atom is 0.413 e. The SMILES string of the molecule is CCOC(=O)COCCNC(=S)NC(=O)OCc1ccccc1. The second kappa shape index (κ2) is 11.4. The van der Waals surface area contributed by atoms with Gasteiger partial charge in [0.15, 0.2) is 5.11 Å². The highest BCUT2D eigenvalue weighted by Crippen LogP contribution is 2.00. The van der Waals surface area contributed by atoms with Crippen molar-refractivity contribution < 1.29 is 23.8 Å². The first-order valence-electron chi connectivity index (χ1n) is 7.10. The van der Waals surface area contributed by atoms with Gasteiger partial charge in [-0.3, -0.25) is 5.32 Å². The molecule has 7 nitrogen and oxygen atoms in total. The van der Waals surface area contributed by atoms with Crippen molar-refractivity contribution in [3.05, 3.63) is 35.9 Å². The molecule has 0 aliphatic carbocycles. The molecule has 2 N–H and O–H groups in total. The second-order valence-electron chi connectivity index (χ2n) is 4.30. The molecule has 0 heterocycles. The molecule has 1 amide bonds. The van der Waals surface area contributed by atoms with E-state index in [4.69, 9.17) is 26.4 Å². The molecule has 0 saturated carbocycles. The molecule has 0 aromatic heterocycles. The van der Waals surface area contributed by atoms with E-state index >= 15 is 0 Å². The van der Waals surface area contributed by atoms with Crippen molar-refractivity contribution in [1.29, 1.82) is 0 Å². The first-order chi connectivity index (χ1) is 11.1. The van der Waals surface area contributed by atoms with Gasteiger partial charge in [0.1, 0.15) is 13.2 Å². The molecule has 0 atom stereocenters. The van der Waals surface area contributed by atoms with Crippen molar-refractivity contribution in [3.63, 3.8) is 0 Å². The molecule has 0 aliphatic heterocycles. The Bertz CT molecular complexity index is 510. The topological polar surface area (TPSA) is 85.9 Å². The molecule has 1 aromatic carbocycles. The van der Waals surface area contributed by atoms with Gasteiger partial charge >= 0.3 is 12.1 Å². The van der Waals surface area contributed by atoms with Gasteiger partial charge in [0.05, 0.1) is 13.2 Å². The number of hydrogen-bond donors (Lipinski definition) is 2. The van der Waals surface area contributed by atoms with Gasteiger partial charge in [-0.2, -0.15) is 0 Å². The maximum absolute atomic E-state index is 11.5. The summed E-state index contributed by atoms with van der Waals surface area (Å²) in [5, 5.41) is 5.27.